The van der Waals surface area contributed by atoms with E-state index in [0.29, 0.717) is 12.5 Å². The maximum Gasteiger partial charge on any atom is 0.233 e. The minimum Gasteiger partial charge on any atom is -0.391 e. The van der Waals surface area contributed by atoms with Gasteiger partial charge in [-0.3, -0.25) is 4.79 Å². The number of rotatable bonds is 5. The fraction of sp³-hybridized carbons (Fsp3) is 0.889. The Morgan fingerprint density at radius 3 is 2.77 bits per heavy atom. The molecule has 0 heterocycles. The van der Waals surface area contributed by atoms with E-state index in [4.69, 9.17) is 0 Å². The van der Waals surface area contributed by atoms with Crippen LogP contribution in [0.25, 0.3) is 0 Å². The molecule has 0 aliphatic heterocycles. The zero-order chi connectivity index (χ0) is 9.84. The number of hydrogen-bond acceptors (Lipinski definition) is 2. The molecule has 3 nitrogen and oxygen atoms in total. The number of carbonyl (C=O) groups is 1. The Hall–Kier alpha value is -0.0900. The van der Waals surface area contributed by atoms with E-state index in [0.717, 1.165) is 19.3 Å². The molecule has 2 unspecified atom stereocenters. The predicted octanol–water partition coefficient (Wildman–Crippen LogP) is 1.05. The number of hydrogen-bond donors (Lipinski definition) is 2. The molecule has 1 saturated carbocycles. The summed E-state index contributed by atoms with van der Waals surface area (Å²) in [6.07, 6.45) is 2.62. The molecule has 0 aromatic rings. The first-order chi connectivity index (χ1) is 6.15. The summed E-state index contributed by atoms with van der Waals surface area (Å²) in [5.74, 6) is 0.401. The van der Waals surface area contributed by atoms with Crippen LogP contribution in [0.2, 0.25) is 0 Å². The van der Waals surface area contributed by atoms with Crippen LogP contribution in [0.15, 0.2) is 0 Å². The van der Waals surface area contributed by atoms with E-state index in [1.807, 2.05) is 6.92 Å². The maximum absolute atomic E-state index is 11.3. The molecule has 0 aromatic heterocycles. The van der Waals surface area contributed by atoms with E-state index in [9.17, 15) is 9.90 Å². The fourth-order valence-electron chi connectivity index (χ4n) is 1.15. The van der Waals surface area contributed by atoms with Crippen LogP contribution < -0.4 is 5.32 Å². The average molecular weight is 250 g/mol. The molecule has 0 radical (unpaired) electrons. The van der Waals surface area contributed by atoms with Gasteiger partial charge >= 0.3 is 0 Å². The van der Waals surface area contributed by atoms with Crippen molar-refractivity contribution in [3.8, 4) is 0 Å². The Morgan fingerprint density at radius 1 is 1.69 bits per heavy atom. The van der Waals surface area contributed by atoms with Gasteiger partial charge in [0.05, 0.1) is 10.9 Å². The summed E-state index contributed by atoms with van der Waals surface area (Å²) >= 11 is 3.25. The van der Waals surface area contributed by atoms with Gasteiger partial charge in [-0.05, 0) is 25.2 Å². The van der Waals surface area contributed by atoms with Crippen molar-refractivity contribution in [1.82, 2.24) is 5.32 Å². The second-order valence-corrected chi connectivity index (χ2v) is 4.63. The highest BCUT2D eigenvalue weighted by Gasteiger charge is 2.29. The van der Waals surface area contributed by atoms with Crippen molar-refractivity contribution in [2.75, 3.05) is 6.54 Å². The zero-order valence-electron chi connectivity index (χ0n) is 7.79. The van der Waals surface area contributed by atoms with Gasteiger partial charge < -0.3 is 10.4 Å². The van der Waals surface area contributed by atoms with Crippen molar-refractivity contribution in [3.05, 3.63) is 0 Å². The molecule has 1 aliphatic carbocycles. The average Bonchev–Trinajstić information content (AvgIpc) is 2.95. The third-order valence-corrected chi connectivity index (χ3v) is 3.36. The molecular weight excluding hydrogens is 234 g/mol. The number of amides is 1. The van der Waals surface area contributed by atoms with Gasteiger partial charge in [0.2, 0.25) is 5.91 Å². The predicted molar refractivity (Wildman–Crippen MR) is 54.7 cm³/mol. The highest BCUT2D eigenvalue weighted by atomic mass is 79.9. The van der Waals surface area contributed by atoms with Gasteiger partial charge in [0.1, 0.15) is 0 Å². The van der Waals surface area contributed by atoms with Crippen LogP contribution in [-0.4, -0.2) is 28.5 Å². The highest BCUT2D eigenvalue weighted by molar-refractivity contribution is 9.10. The topological polar surface area (TPSA) is 49.3 Å². The molecule has 2 atom stereocenters. The van der Waals surface area contributed by atoms with Crippen LogP contribution in [0.4, 0.5) is 0 Å². The second-order valence-electron chi connectivity index (χ2n) is 3.53. The quantitative estimate of drug-likeness (QED) is 0.716. The number of carbonyl (C=O) groups excluding carboxylic acids is 1. The van der Waals surface area contributed by atoms with Crippen molar-refractivity contribution >= 4 is 21.8 Å². The van der Waals surface area contributed by atoms with E-state index in [2.05, 4.69) is 21.2 Å². The van der Waals surface area contributed by atoms with E-state index >= 15 is 0 Å². The lowest BCUT2D eigenvalue weighted by molar-refractivity contribution is -0.121. The Labute approximate surface area is 87.0 Å². The Bertz CT molecular complexity index is 182. The lowest BCUT2D eigenvalue weighted by Crippen LogP contribution is -2.37. The van der Waals surface area contributed by atoms with Crippen molar-refractivity contribution < 1.29 is 9.90 Å². The van der Waals surface area contributed by atoms with Crippen LogP contribution in [0.3, 0.4) is 0 Å². The van der Waals surface area contributed by atoms with Crippen LogP contribution in [0, 0.1) is 5.92 Å². The van der Waals surface area contributed by atoms with Gasteiger partial charge in [-0.1, -0.05) is 22.9 Å². The van der Waals surface area contributed by atoms with Gasteiger partial charge in [-0.25, -0.2) is 0 Å². The minimum atomic E-state index is -0.347. The fourth-order valence-corrected chi connectivity index (χ4v) is 1.31. The molecule has 13 heavy (non-hydrogen) atoms. The largest absolute Gasteiger partial charge is 0.391 e. The molecule has 0 bridgehead atoms. The monoisotopic (exact) mass is 249 g/mol. The molecule has 4 heteroatoms. The van der Waals surface area contributed by atoms with Crippen LogP contribution in [0.1, 0.15) is 26.2 Å². The third kappa shape index (κ3) is 3.65. The highest BCUT2D eigenvalue weighted by Crippen LogP contribution is 2.32. The number of nitrogens with one attached hydrogen (secondary N) is 1. The molecule has 76 valence electrons. The molecule has 1 fully saturated rings. The Morgan fingerprint density at radius 2 is 2.31 bits per heavy atom. The summed E-state index contributed by atoms with van der Waals surface area (Å²) in [7, 11) is 0. The Balaban J connectivity index is 2.13. The number of aliphatic hydroxyl groups excluding tert-OH is 1. The second kappa shape index (κ2) is 4.96. The van der Waals surface area contributed by atoms with Crippen LogP contribution >= 0.6 is 15.9 Å². The van der Waals surface area contributed by atoms with Crippen molar-refractivity contribution in [1.29, 1.82) is 0 Å². The van der Waals surface area contributed by atoms with Crippen molar-refractivity contribution in [2.45, 2.75) is 37.1 Å². The van der Waals surface area contributed by atoms with Crippen LogP contribution in [0.5, 0.6) is 0 Å². The number of halogens is 1. The van der Waals surface area contributed by atoms with Gasteiger partial charge in [0.15, 0.2) is 0 Å². The van der Waals surface area contributed by atoms with Crippen molar-refractivity contribution in [2.24, 2.45) is 5.92 Å². The summed E-state index contributed by atoms with van der Waals surface area (Å²) in [6.45, 7) is 2.34. The van der Waals surface area contributed by atoms with Gasteiger partial charge in [-0.2, -0.15) is 0 Å². The first-order valence-electron chi connectivity index (χ1n) is 4.75. The molecule has 0 spiro atoms. The summed E-state index contributed by atoms with van der Waals surface area (Å²) in [6, 6.07) is 0. The maximum atomic E-state index is 11.3. The molecule has 0 saturated heterocycles. The first-order valence-corrected chi connectivity index (χ1v) is 5.66. The van der Waals surface area contributed by atoms with E-state index < -0.39 is 0 Å². The summed E-state index contributed by atoms with van der Waals surface area (Å²) < 4.78 is 0. The smallest absolute Gasteiger partial charge is 0.233 e. The Kier molecular flexibility index (Phi) is 4.19. The van der Waals surface area contributed by atoms with Gasteiger partial charge in [0.25, 0.3) is 0 Å². The lowest BCUT2D eigenvalue weighted by Gasteiger charge is -2.12. The molecular formula is C9H16BrNO2. The summed E-state index contributed by atoms with van der Waals surface area (Å²) in [5, 5.41) is 12.2. The first kappa shape index (κ1) is 11.0. The lowest BCUT2D eigenvalue weighted by atomic mass is 10.2. The molecule has 0 aromatic carbocycles. The SMILES string of the molecule is CCC(Br)C(=O)NCC(O)C1CC1. The molecule has 1 rings (SSSR count). The molecule has 1 aliphatic rings. The third-order valence-electron chi connectivity index (χ3n) is 2.29. The van der Waals surface area contributed by atoms with E-state index in [1.54, 1.807) is 0 Å². The minimum absolute atomic E-state index is 0.0257. The summed E-state index contributed by atoms with van der Waals surface area (Å²) in [4.78, 5) is 11.1. The number of alkyl halides is 1. The number of aliphatic hydroxyl groups is 1. The van der Waals surface area contributed by atoms with Gasteiger partial charge in [-0.15, -0.1) is 0 Å². The van der Waals surface area contributed by atoms with Crippen LogP contribution in [-0.2, 0) is 4.79 Å². The van der Waals surface area contributed by atoms with Crippen molar-refractivity contribution in [3.63, 3.8) is 0 Å². The molecule has 1 amide bonds. The van der Waals surface area contributed by atoms with E-state index in [1.165, 1.54) is 0 Å². The van der Waals surface area contributed by atoms with Gasteiger partial charge in [0, 0.05) is 6.54 Å². The van der Waals surface area contributed by atoms with E-state index in [-0.39, 0.29) is 16.8 Å². The standard InChI is InChI=1S/C9H16BrNO2/c1-2-7(10)9(13)11-5-8(12)6-3-4-6/h6-8,12H,2-5H2,1H3,(H,11,13). The zero-order valence-corrected chi connectivity index (χ0v) is 9.38. The molecule has 2 N–H and O–H groups in total. The summed E-state index contributed by atoms with van der Waals surface area (Å²) in [5.41, 5.74) is 0. The normalized spacial score (nSPS) is 20.8.